The summed E-state index contributed by atoms with van der Waals surface area (Å²) in [7, 11) is 0. The van der Waals surface area contributed by atoms with Crippen LogP contribution in [0, 0.1) is 6.92 Å². The Balaban J connectivity index is 1.72. The van der Waals surface area contributed by atoms with Crippen molar-refractivity contribution in [1.29, 1.82) is 0 Å². The van der Waals surface area contributed by atoms with Gasteiger partial charge in [-0.3, -0.25) is 9.78 Å². The predicted octanol–water partition coefficient (Wildman–Crippen LogP) is 2.71. The molecule has 1 aliphatic rings. The van der Waals surface area contributed by atoms with Gasteiger partial charge < -0.3 is 9.64 Å². The van der Waals surface area contributed by atoms with Crippen LogP contribution < -0.4 is 0 Å². The number of ether oxygens (including phenoxy) is 1. The molecule has 2 heterocycles. The molecular formula is C18H20N2O3. The molecule has 0 atom stereocenters. The van der Waals surface area contributed by atoms with Crippen molar-refractivity contribution < 1.29 is 14.3 Å². The average Bonchev–Trinajstić information content (AvgIpc) is 2.59. The average molecular weight is 312 g/mol. The quantitative estimate of drug-likeness (QED) is 0.818. The van der Waals surface area contributed by atoms with E-state index in [4.69, 9.17) is 4.74 Å². The van der Waals surface area contributed by atoms with Crippen LogP contribution in [-0.2, 0) is 9.53 Å². The molecule has 0 unspecified atom stereocenters. The Labute approximate surface area is 135 Å². The smallest absolute Gasteiger partial charge is 0.339 e. The number of piperidine rings is 1. The van der Waals surface area contributed by atoms with E-state index < -0.39 is 5.97 Å². The highest BCUT2D eigenvalue weighted by Crippen LogP contribution is 2.19. The van der Waals surface area contributed by atoms with Gasteiger partial charge >= 0.3 is 5.97 Å². The minimum absolute atomic E-state index is 0.117. The van der Waals surface area contributed by atoms with E-state index in [0.717, 1.165) is 48.9 Å². The second kappa shape index (κ2) is 6.77. The first-order valence-electron chi connectivity index (χ1n) is 7.96. The lowest BCUT2D eigenvalue weighted by molar-refractivity contribution is -0.135. The Bertz CT molecular complexity index is 736. The number of para-hydroxylation sites is 1. The van der Waals surface area contributed by atoms with Gasteiger partial charge in [-0.15, -0.1) is 0 Å². The molecule has 0 saturated carbocycles. The zero-order chi connectivity index (χ0) is 16.2. The van der Waals surface area contributed by atoms with E-state index in [1.807, 2.05) is 31.2 Å². The first-order valence-corrected chi connectivity index (χ1v) is 7.96. The number of aromatic nitrogens is 1. The van der Waals surface area contributed by atoms with Crippen molar-refractivity contribution in [3.05, 3.63) is 41.6 Å². The minimum atomic E-state index is -0.475. The molecule has 1 fully saturated rings. The Kier molecular flexibility index (Phi) is 4.55. The standard InChI is InChI=1S/C18H20N2O3/c1-13-11-15(14-7-3-4-8-16(14)19-13)18(22)23-12-17(21)20-9-5-2-6-10-20/h3-4,7-8,11H,2,5-6,9-10,12H2,1H3. The lowest BCUT2D eigenvalue weighted by atomic mass is 10.1. The maximum absolute atomic E-state index is 12.4. The third kappa shape index (κ3) is 3.50. The largest absolute Gasteiger partial charge is 0.452 e. The summed E-state index contributed by atoms with van der Waals surface area (Å²) in [6.07, 6.45) is 3.20. The van der Waals surface area contributed by atoms with Gasteiger partial charge in [-0.05, 0) is 38.3 Å². The van der Waals surface area contributed by atoms with Gasteiger partial charge in [-0.1, -0.05) is 18.2 Å². The molecular weight excluding hydrogens is 292 g/mol. The van der Waals surface area contributed by atoms with Crippen LogP contribution in [0.25, 0.3) is 10.9 Å². The molecule has 0 radical (unpaired) electrons. The van der Waals surface area contributed by atoms with Gasteiger partial charge in [0.25, 0.3) is 5.91 Å². The summed E-state index contributed by atoms with van der Waals surface area (Å²) in [5.74, 6) is -0.592. The van der Waals surface area contributed by atoms with Gasteiger partial charge in [-0.25, -0.2) is 4.79 Å². The van der Waals surface area contributed by atoms with Gasteiger partial charge in [0.1, 0.15) is 0 Å². The van der Waals surface area contributed by atoms with Crippen molar-refractivity contribution in [3.8, 4) is 0 Å². The molecule has 0 N–H and O–H groups in total. The fourth-order valence-corrected chi connectivity index (χ4v) is 2.92. The van der Waals surface area contributed by atoms with E-state index >= 15 is 0 Å². The SMILES string of the molecule is Cc1cc(C(=O)OCC(=O)N2CCCCC2)c2ccccc2n1. The van der Waals surface area contributed by atoms with E-state index in [1.165, 1.54) is 0 Å². The van der Waals surface area contributed by atoms with Crippen LogP contribution >= 0.6 is 0 Å². The molecule has 5 heteroatoms. The van der Waals surface area contributed by atoms with Gasteiger partial charge in [0.05, 0.1) is 11.1 Å². The van der Waals surface area contributed by atoms with E-state index in [0.29, 0.717) is 5.56 Å². The minimum Gasteiger partial charge on any atom is -0.452 e. The number of pyridine rings is 1. The number of carbonyl (C=O) groups excluding carboxylic acids is 2. The second-order valence-electron chi connectivity index (χ2n) is 5.85. The van der Waals surface area contributed by atoms with Gasteiger partial charge in [0.2, 0.25) is 0 Å². The molecule has 120 valence electrons. The summed E-state index contributed by atoms with van der Waals surface area (Å²) in [6, 6.07) is 9.14. The Morgan fingerprint density at radius 3 is 2.70 bits per heavy atom. The molecule has 23 heavy (non-hydrogen) atoms. The number of hydrogen-bond acceptors (Lipinski definition) is 4. The van der Waals surface area contributed by atoms with Crippen LogP contribution in [0.5, 0.6) is 0 Å². The molecule has 1 amide bonds. The summed E-state index contributed by atoms with van der Waals surface area (Å²) in [5, 5.41) is 0.744. The number of fused-ring (bicyclic) bond motifs is 1. The van der Waals surface area contributed by atoms with Crippen molar-refractivity contribution >= 4 is 22.8 Å². The molecule has 1 aromatic carbocycles. The highest BCUT2D eigenvalue weighted by atomic mass is 16.5. The number of likely N-dealkylation sites (tertiary alicyclic amines) is 1. The number of amides is 1. The summed E-state index contributed by atoms with van der Waals surface area (Å²) >= 11 is 0. The van der Waals surface area contributed by atoms with Crippen LogP contribution in [-0.4, -0.2) is 41.5 Å². The van der Waals surface area contributed by atoms with Gasteiger partial charge in [0.15, 0.2) is 6.61 Å². The number of esters is 1. The van der Waals surface area contributed by atoms with Crippen LogP contribution in [0.15, 0.2) is 30.3 Å². The maximum Gasteiger partial charge on any atom is 0.339 e. The van der Waals surface area contributed by atoms with Crippen LogP contribution in [0.1, 0.15) is 35.3 Å². The number of hydrogen-bond donors (Lipinski definition) is 0. The first kappa shape index (κ1) is 15.5. The Hall–Kier alpha value is -2.43. The maximum atomic E-state index is 12.4. The summed E-state index contributed by atoms with van der Waals surface area (Å²) in [5.41, 5.74) is 1.96. The zero-order valence-corrected chi connectivity index (χ0v) is 13.2. The molecule has 2 aromatic rings. The lowest BCUT2D eigenvalue weighted by Gasteiger charge is -2.26. The molecule has 1 aromatic heterocycles. The molecule has 3 rings (SSSR count). The van der Waals surface area contributed by atoms with E-state index in [9.17, 15) is 9.59 Å². The van der Waals surface area contributed by atoms with E-state index in [1.54, 1.807) is 11.0 Å². The van der Waals surface area contributed by atoms with Gasteiger partial charge in [0, 0.05) is 24.2 Å². The monoisotopic (exact) mass is 312 g/mol. The zero-order valence-electron chi connectivity index (χ0n) is 13.2. The van der Waals surface area contributed by atoms with Gasteiger partial charge in [-0.2, -0.15) is 0 Å². The van der Waals surface area contributed by atoms with Crippen molar-refractivity contribution in [1.82, 2.24) is 9.88 Å². The topological polar surface area (TPSA) is 59.5 Å². The Morgan fingerprint density at radius 2 is 1.91 bits per heavy atom. The summed E-state index contributed by atoms with van der Waals surface area (Å²) in [6.45, 7) is 3.15. The number of rotatable bonds is 3. The molecule has 0 bridgehead atoms. The molecule has 0 spiro atoms. The molecule has 1 saturated heterocycles. The van der Waals surface area contributed by atoms with Crippen molar-refractivity contribution in [3.63, 3.8) is 0 Å². The number of carbonyl (C=O) groups is 2. The van der Waals surface area contributed by atoms with Crippen molar-refractivity contribution in [2.75, 3.05) is 19.7 Å². The highest BCUT2D eigenvalue weighted by molar-refractivity contribution is 6.04. The normalized spacial score (nSPS) is 14.7. The fourth-order valence-electron chi connectivity index (χ4n) is 2.92. The highest BCUT2D eigenvalue weighted by Gasteiger charge is 2.19. The molecule has 1 aliphatic heterocycles. The second-order valence-corrected chi connectivity index (χ2v) is 5.85. The van der Waals surface area contributed by atoms with Crippen LogP contribution in [0.3, 0.4) is 0 Å². The number of nitrogens with zero attached hydrogens (tertiary/aromatic N) is 2. The lowest BCUT2D eigenvalue weighted by Crippen LogP contribution is -2.38. The van der Waals surface area contributed by atoms with Crippen molar-refractivity contribution in [2.24, 2.45) is 0 Å². The summed E-state index contributed by atoms with van der Waals surface area (Å²) in [4.78, 5) is 30.7. The summed E-state index contributed by atoms with van der Waals surface area (Å²) < 4.78 is 5.25. The molecule has 0 aliphatic carbocycles. The number of benzene rings is 1. The van der Waals surface area contributed by atoms with Crippen LogP contribution in [0.2, 0.25) is 0 Å². The Morgan fingerprint density at radius 1 is 1.17 bits per heavy atom. The molecule has 5 nitrogen and oxygen atoms in total. The third-order valence-electron chi connectivity index (χ3n) is 4.10. The number of aryl methyl sites for hydroxylation is 1. The van der Waals surface area contributed by atoms with Crippen molar-refractivity contribution in [2.45, 2.75) is 26.2 Å². The van der Waals surface area contributed by atoms with E-state index in [-0.39, 0.29) is 12.5 Å². The van der Waals surface area contributed by atoms with E-state index in [2.05, 4.69) is 4.98 Å². The fraction of sp³-hybridized carbons (Fsp3) is 0.389. The predicted molar refractivity (Wildman–Crippen MR) is 87.2 cm³/mol. The first-order chi connectivity index (χ1) is 11.1. The van der Waals surface area contributed by atoms with Crippen LogP contribution in [0.4, 0.5) is 0 Å². The third-order valence-corrected chi connectivity index (χ3v) is 4.10.